The molecule has 1 N–H and O–H groups in total. The van der Waals surface area contributed by atoms with Crippen LogP contribution in [0.3, 0.4) is 0 Å². The first-order valence-corrected chi connectivity index (χ1v) is 6.10. The van der Waals surface area contributed by atoms with Gasteiger partial charge in [0.15, 0.2) is 0 Å². The molecule has 98 valence electrons. The fourth-order valence-electron chi connectivity index (χ4n) is 1.87. The van der Waals surface area contributed by atoms with Gasteiger partial charge in [-0.1, -0.05) is 0 Å². The summed E-state index contributed by atoms with van der Waals surface area (Å²) in [6, 6.07) is 4.21. The number of imidazole rings is 1. The molecule has 0 atom stereocenters. The van der Waals surface area contributed by atoms with Crippen LogP contribution in [0.4, 0.5) is 0 Å². The van der Waals surface area contributed by atoms with E-state index in [1.807, 2.05) is 24.1 Å². The zero-order valence-corrected chi connectivity index (χ0v) is 11.0. The van der Waals surface area contributed by atoms with Crippen LogP contribution >= 0.6 is 0 Å². The Morgan fingerprint density at radius 2 is 2.28 bits per heavy atom. The molecule has 2 rings (SSSR count). The van der Waals surface area contributed by atoms with Gasteiger partial charge in [0.1, 0.15) is 0 Å². The summed E-state index contributed by atoms with van der Waals surface area (Å²) in [5.74, 6) is 0. The molecule has 5 nitrogen and oxygen atoms in total. The van der Waals surface area contributed by atoms with Crippen LogP contribution in [0.25, 0.3) is 0 Å². The molecule has 0 aromatic carbocycles. The molecule has 0 saturated carbocycles. The first-order chi connectivity index (χ1) is 8.81. The average molecular weight is 248 g/mol. The Kier molecular flexibility index (Phi) is 4.55. The van der Waals surface area contributed by atoms with Gasteiger partial charge >= 0.3 is 0 Å². The van der Waals surface area contributed by atoms with E-state index in [2.05, 4.69) is 33.2 Å². The predicted octanol–water partition coefficient (Wildman–Crippen LogP) is 1.01. The minimum Gasteiger partial charge on any atom is -0.383 e. The van der Waals surface area contributed by atoms with Gasteiger partial charge in [-0.3, -0.25) is 0 Å². The van der Waals surface area contributed by atoms with Crippen LogP contribution < -0.4 is 5.32 Å². The number of rotatable bonds is 7. The molecule has 0 radical (unpaired) electrons. The maximum atomic E-state index is 5.01. The minimum atomic E-state index is 0.739. The predicted molar refractivity (Wildman–Crippen MR) is 70.3 cm³/mol. The Balaban J connectivity index is 1.93. The molecular formula is C13H20N4O. The van der Waals surface area contributed by atoms with Crippen molar-refractivity contribution >= 4 is 0 Å². The highest BCUT2D eigenvalue weighted by Gasteiger charge is 2.04. The summed E-state index contributed by atoms with van der Waals surface area (Å²) >= 11 is 0. The summed E-state index contributed by atoms with van der Waals surface area (Å²) in [5.41, 5.74) is 2.47. The lowest BCUT2D eigenvalue weighted by Crippen LogP contribution is -2.20. The summed E-state index contributed by atoms with van der Waals surface area (Å²) in [4.78, 5) is 4.14. The van der Waals surface area contributed by atoms with Crippen LogP contribution in [0.15, 0.2) is 30.9 Å². The number of nitrogens with zero attached hydrogens (tertiary/aromatic N) is 3. The van der Waals surface area contributed by atoms with Crippen molar-refractivity contribution in [2.45, 2.75) is 13.1 Å². The maximum absolute atomic E-state index is 5.01. The lowest BCUT2D eigenvalue weighted by molar-refractivity contribution is 0.199. The van der Waals surface area contributed by atoms with Crippen molar-refractivity contribution in [3.8, 4) is 0 Å². The second kappa shape index (κ2) is 6.37. The van der Waals surface area contributed by atoms with Gasteiger partial charge in [-0.2, -0.15) is 0 Å². The number of aryl methyl sites for hydroxylation is 1. The van der Waals surface area contributed by atoms with Crippen LogP contribution in [-0.4, -0.2) is 34.4 Å². The largest absolute Gasteiger partial charge is 0.383 e. The SMILES string of the molecule is COCCNCc1cccn1Cc1cncn1C. The van der Waals surface area contributed by atoms with E-state index in [-0.39, 0.29) is 0 Å². The third-order valence-electron chi connectivity index (χ3n) is 2.96. The topological polar surface area (TPSA) is 44.0 Å². The molecule has 0 spiro atoms. The van der Waals surface area contributed by atoms with Gasteiger partial charge < -0.3 is 19.2 Å². The van der Waals surface area contributed by atoms with E-state index in [0.29, 0.717) is 0 Å². The molecule has 2 heterocycles. The Morgan fingerprint density at radius 1 is 1.39 bits per heavy atom. The van der Waals surface area contributed by atoms with E-state index in [4.69, 9.17) is 4.74 Å². The molecule has 0 amide bonds. The molecule has 18 heavy (non-hydrogen) atoms. The number of hydrogen-bond acceptors (Lipinski definition) is 3. The van der Waals surface area contributed by atoms with Crippen molar-refractivity contribution in [2.75, 3.05) is 20.3 Å². The Hall–Kier alpha value is -1.59. The van der Waals surface area contributed by atoms with Crippen molar-refractivity contribution in [1.29, 1.82) is 0 Å². The van der Waals surface area contributed by atoms with E-state index in [0.717, 1.165) is 26.2 Å². The number of methoxy groups -OCH3 is 1. The molecule has 0 bridgehead atoms. The van der Waals surface area contributed by atoms with E-state index >= 15 is 0 Å². The Labute approximate surface area is 107 Å². The summed E-state index contributed by atoms with van der Waals surface area (Å²) in [5, 5.41) is 3.36. The van der Waals surface area contributed by atoms with E-state index in [1.165, 1.54) is 11.4 Å². The lowest BCUT2D eigenvalue weighted by atomic mass is 10.4. The number of ether oxygens (including phenoxy) is 1. The molecule has 0 unspecified atom stereocenters. The normalized spacial score (nSPS) is 11.0. The summed E-state index contributed by atoms with van der Waals surface area (Å²) < 4.78 is 9.29. The van der Waals surface area contributed by atoms with Gasteiger partial charge in [0.2, 0.25) is 0 Å². The molecule has 2 aromatic heterocycles. The van der Waals surface area contributed by atoms with E-state index in [1.54, 1.807) is 7.11 Å². The van der Waals surface area contributed by atoms with Crippen LogP contribution in [0.2, 0.25) is 0 Å². The first-order valence-electron chi connectivity index (χ1n) is 6.10. The van der Waals surface area contributed by atoms with Gasteiger partial charge in [0, 0.05) is 45.3 Å². The number of nitrogens with one attached hydrogen (secondary N) is 1. The highest BCUT2D eigenvalue weighted by molar-refractivity contribution is 5.10. The van der Waals surface area contributed by atoms with Crippen molar-refractivity contribution in [3.63, 3.8) is 0 Å². The van der Waals surface area contributed by atoms with Gasteiger partial charge in [-0.05, 0) is 12.1 Å². The van der Waals surface area contributed by atoms with Gasteiger partial charge in [-0.15, -0.1) is 0 Å². The molecule has 0 aliphatic heterocycles. The van der Waals surface area contributed by atoms with Crippen LogP contribution in [-0.2, 0) is 24.9 Å². The van der Waals surface area contributed by atoms with Crippen LogP contribution in [0, 0.1) is 0 Å². The highest BCUT2D eigenvalue weighted by Crippen LogP contribution is 2.06. The zero-order chi connectivity index (χ0) is 12.8. The van der Waals surface area contributed by atoms with Gasteiger partial charge in [-0.25, -0.2) is 4.98 Å². The minimum absolute atomic E-state index is 0.739. The highest BCUT2D eigenvalue weighted by atomic mass is 16.5. The van der Waals surface area contributed by atoms with Gasteiger partial charge in [0.05, 0.1) is 25.2 Å². The van der Waals surface area contributed by atoms with Crippen LogP contribution in [0.1, 0.15) is 11.4 Å². The Bertz CT molecular complexity index is 475. The van der Waals surface area contributed by atoms with E-state index in [9.17, 15) is 0 Å². The van der Waals surface area contributed by atoms with Gasteiger partial charge in [0.25, 0.3) is 0 Å². The lowest BCUT2D eigenvalue weighted by Gasteiger charge is -2.10. The molecule has 5 heteroatoms. The zero-order valence-electron chi connectivity index (χ0n) is 11.0. The smallest absolute Gasteiger partial charge is 0.0946 e. The Morgan fingerprint density at radius 3 is 3.00 bits per heavy atom. The second-order valence-electron chi connectivity index (χ2n) is 4.29. The first kappa shape index (κ1) is 12.9. The summed E-state index contributed by atoms with van der Waals surface area (Å²) in [6.45, 7) is 3.31. The van der Waals surface area contributed by atoms with Crippen molar-refractivity contribution in [1.82, 2.24) is 19.4 Å². The third-order valence-corrected chi connectivity index (χ3v) is 2.96. The maximum Gasteiger partial charge on any atom is 0.0946 e. The molecule has 2 aromatic rings. The molecular weight excluding hydrogens is 228 g/mol. The molecule has 0 aliphatic carbocycles. The summed E-state index contributed by atoms with van der Waals surface area (Å²) in [6.07, 6.45) is 5.83. The van der Waals surface area contributed by atoms with Crippen molar-refractivity contribution < 1.29 is 4.74 Å². The fraction of sp³-hybridized carbons (Fsp3) is 0.462. The third kappa shape index (κ3) is 3.21. The van der Waals surface area contributed by atoms with Crippen molar-refractivity contribution in [3.05, 3.63) is 42.2 Å². The number of aromatic nitrogens is 3. The molecule has 0 saturated heterocycles. The monoisotopic (exact) mass is 248 g/mol. The van der Waals surface area contributed by atoms with Crippen LogP contribution in [0.5, 0.6) is 0 Å². The van der Waals surface area contributed by atoms with Crippen molar-refractivity contribution in [2.24, 2.45) is 7.05 Å². The second-order valence-corrected chi connectivity index (χ2v) is 4.29. The standard InChI is InChI=1S/C13H20N4O/c1-16-11-15-9-13(16)10-17-6-3-4-12(17)8-14-5-7-18-2/h3-4,6,9,11,14H,5,7-8,10H2,1-2H3. The van der Waals surface area contributed by atoms with E-state index < -0.39 is 0 Å². The fourth-order valence-corrected chi connectivity index (χ4v) is 1.87. The quantitative estimate of drug-likeness (QED) is 0.744. The number of hydrogen-bond donors (Lipinski definition) is 1. The average Bonchev–Trinajstić information content (AvgIpc) is 2.96. The summed E-state index contributed by atoms with van der Waals surface area (Å²) in [7, 11) is 3.73. The molecule has 0 aliphatic rings. The molecule has 0 fully saturated rings.